The molecule has 3 aromatic heterocycles. The van der Waals surface area contributed by atoms with E-state index in [-0.39, 0.29) is 24.2 Å². The molecule has 5 rings (SSSR count). The van der Waals surface area contributed by atoms with Crippen LogP contribution >= 0.6 is 11.3 Å². The minimum absolute atomic E-state index is 0.0271. The standard InChI is InChI=1S/C22H26N6O4S/c1-12-9-16-20(33-22(25-16)26-21(29)23-14-7-8-31-11-14)13(2)28(12)18-10-17(32-27-18)15-5-4-6-19(24-15)30-3/h4-6,10,12-14H,7-9,11H2,1-3H3,(H2,23,25,26,29)/t12-,13+,14-/m1/s1. The highest BCUT2D eigenvalue weighted by Gasteiger charge is 2.34. The van der Waals surface area contributed by atoms with Gasteiger partial charge >= 0.3 is 6.03 Å². The molecule has 11 heteroatoms. The molecule has 2 amide bonds. The van der Waals surface area contributed by atoms with E-state index < -0.39 is 0 Å². The van der Waals surface area contributed by atoms with Crippen molar-refractivity contribution in [2.24, 2.45) is 0 Å². The minimum atomic E-state index is -0.249. The van der Waals surface area contributed by atoms with Crippen molar-refractivity contribution in [3.63, 3.8) is 0 Å². The normalized spacial score (nSPS) is 22.2. The first kappa shape index (κ1) is 21.7. The molecule has 2 aliphatic rings. The average molecular weight is 471 g/mol. The fraction of sp³-hybridized carbons (Fsp3) is 0.455. The van der Waals surface area contributed by atoms with Crippen molar-refractivity contribution in [3.05, 3.63) is 34.8 Å². The molecule has 0 aliphatic carbocycles. The summed E-state index contributed by atoms with van der Waals surface area (Å²) in [4.78, 5) is 24.8. The van der Waals surface area contributed by atoms with Crippen LogP contribution in [0.5, 0.6) is 5.88 Å². The lowest BCUT2D eigenvalue weighted by molar-refractivity contribution is 0.189. The fourth-order valence-electron chi connectivity index (χ4n) is 4.34. The number of hydrogen-bond acceptors (Lipinski definition) is 9. The Hall–Kier alpha value is -3.18. The van der Waals surface area contributed by atoms with Crippen LogP contribution in [0.4, 0.5) is 15.7 Å². The van der Waals surface area contributed by atoms with Gasteiger partial charge in [0.05, 0.1) is 36.4 Å². The lowest BCUT2D eigenvalue weighted by Crippen LogP contribution is -2.40. The van der Waals surface area contributed by atoms with E-state index in [1.54, 1.807) is 13.2 Å². The molecule has 1 saturated heterocycles. The topological polar surface area (TPSA) is 115 Å². The first-order valence-corrected chi connectivity index (χ1v) is 11.7. The molecule has 5 heterocycles. The summed E-state index contributed by atoms with van der Waals surface area (Å²) < 4.78 is 16.1. The summed E-state index contributed by atoms with van der Waals surface area (Å²) in [6.07, 6.45) is 1.58. The highest BCUT2D eigenvalue weighted by Crippen LogP contribution is 2.41. The maximum Gasteiger partial charge on any atom is 0.321 e. The summed E-state index contributed by atoms with van der Waals surface area (Å²) in [7, 11) is 1.58. The van der Waals surface area contributed by atoms with E-state index in [0.717, 1.165) is 29.2 Å². The third-order valence-corrected chi connectivity index (χ3v) is 7.10. The Morgan fingerprint density at radius 2 is 2.18 bits per heavy atom. The number of hydrogen-bond donors (Lipinski definition) is 2. The van der Waals surface area contributed by atoms with Gasteiger partial charge in [0, 0.05) is 31.2 Å². The predicted molar refractivity (Wildman–Crippen MR) is 124 cm³/mol. The van der Waals surface area contributed by atoms with Crippen LogP contribution in [0, 0.1) is 0 Å². The van der Waals surface area contributed by atoms with Gasteiger partial charge in [-0.05, 0) is 26.3 Å². The van der Waals surface area contributed by atoms with Crippen LogP contribution in [-0.2, 0) is 11.2 Å². The summed E-state index contributed by atoms with van der Waals surface area (Å²) in [5, 5.41) is 10.7. The predicted octanol–water partition coefficient (Wildman–Crippen LogP) is 3.62. The number of carbonyl (C=O) groups is 1. The van der Waals surface area contributed by atoms with Gasteiger partial charge in [-0.3, -0.25) is 5.32 Å². The SMILES string of the molecule is COc1cccc(-c2cc(N3[C@H](C)Cc4nc(NC(=O)N[C@@H]5CCOC5)sc4[C@@H]3C)no2)n1. The first-order chi connectivity index (χ1) is 16.0. The lowest BCUT2D eigenvalue weighted by Gasteiger charge is -2.37. The second-order valence-electron chi connectivity index (χ2n) is 8.24. The van der Waals surface area contributed by atoms with Crippen molar-refractivity contribution in [1.29, 1.82) is 0 Å². The number of aromatic nitrogens is 3. The van der Waals surface area contributed by atoms with Crippen molar-refractivity contribution in [3.8, 4) is 17.3 Å². The van der Waals surface area contributed by atoms with Gasteiger partial charge in [-0.1, -0.05) is 22.6 Å². The second kappa shape index (κ2) is 8.99. The number of ether oxygens (including phenoxy) is 2. The van der Waals surface area contributed by atoms with Gasteiger partial charge in [0.15, 0.2) is 16.7 Å². The maximum absolute atomic E-state index is 12.3. The third kappa shape index (κ3) is 4.38. The largest absolute Gasteiger partial charge is 0.481 e. The van der Waals surface area contributed by atoms with Gasteiger partial charge < -0.3 is 24.2 Å². The molecule has 1 fully saturated rings. The molecule has 0 saturated carbocycles. The number of rotatable bonds is 5. The number of thiazole rings is 1. The Bertz CT molecular complexity index is 1140. The molecule has 10 nitrogen and oxygen atoms in total. The summed E-state index contributed by atoms with van der Waals surface area (Å²) in [6, 6.07) is 7.39. The van der Waals surface area contributed by atoms with Crippen LogP contribution < -0.4 is 20.3 Å². The van der Waals surface area contributed by atoms with Gasteiger partial charge in [-0.25, -0.2) is 14.8 Å². The molecule has 0 unspecified atom stereocenters. The molecule has 174 valence electrons. The molecule has 3 aromatic rings. The number of fused-ring (bicyclic) bond motifs is 1. The van der Waals surface area contributed by atoms with E-state index in [0.29, 0.717) is 35.7 Å². The molecular weight excluding hydrogens is 444 g/mol. The first-order valence-electron chi connectivity index (χ1n) is 10.9. The number of carbonyl (C=O) groups excluding carboxylic acids is 1. The molecular formula is C22H26N6O4S. The summed E-state index contributed by atoms with van der Waals surface area (Å²) in [5.74, 6) is 1.83. The van der Waals surface area contributed by atoms with Crippen LogP contribution in [0.15, 0.2) is 28.8 Å². The van der Waals surface area contributed by atoms with E-state index in [1.165, 1.54) is 11.3 Å². The van der Waals surface area contributed by atoms with Crippen LogP contribution in [0.1, 0.15) is 36.9 Å². The fourth-order valence-corrected chi connectivity index (χ4v) is 5.38. The van der Waals surface area contributed by atoms with Gasteiger partial charge in [0.1, 0.15) is 5.69 Å². The molecule has 0 aromatic carbocycles. The Labute approximate surface area is 195 Å². The molecule has 2 N–H and O–H groups in total. The molecule has 33 heavy (non-hydrogen) atoms. The van der Waals surface area contributed by atoms with Crippen molar-refractivity contribution < 1.29 is 18.8 Å². The average Bonchev–Trinajstić information content (AvgIpc) is 3.55. The van der Waals surface area contributed by atoms with Crippen LogP contribution in [-0.4, -0.2) is 53.6 Å². The monoisotopic (exact) mass is 470 g/mol. The third-order valence-electron chi connectivity index (χ3n) is 5.92. The summed E-state index contributed by atoms with van der Waals surface area (Å²) in [6.45, 7) is 5.48. The zero-order chi connectivity index (χ0) is 22.9. The van der Waals surface area contributed by atoms with E-state index in [9.17, 15) is 4.79 Å². The number of nitrogens with zero attached hydrogens (tertiary/aromatic N) is 4. The van der Waals surface area contributed by atoms with Gasteiger partial charge in [0.25, 0.3) is 0 Å². The number of amides is 2. The van der Waals surface area contributed by atoms with E-state index in [2.05, 4.69) is 44.5 Å². The zero-order valence-corrected chi connectivity index (χ0v) is 19.5. The number of urea groups is 1. The Kier molecular flexibility index (Phi) is 5.90. The van der Waals surface area contributed by atoms with Crippen molar-refractivity contribution >= 4 is 28.3 Å². The van der Waals surface area contributed by atoms with Crippen molar-refractivity contribution in [2.45, 2.75) is 44.8 Å². The Morgan fingerprint density at radius 3 is 2.97 bits per heavy atom. The van der Waals surface area contributed by atoms with Gasteiger partial charge in [0.2, 0.25) is 5.88 Å². The maximum atomic E-state index is 12.3. The molecule has 3 atom stereocenters. The van der Waals surface area contributed by atoms with Crippen molar-refractivity contribution in [2.75, 3.05) is 30.5 Å². The minimum Gasteiger partial charge on any atom is -0.481 e. The van der Waals surface area contributed by atoms with E-state index >= 15 is 0 Å². The summed E-state index contributed by atoms with van der Waals surface area (Å²) >= 11 is 1.50. The quantitative estimate of drug-likeness (QED) is 0.581. The Morgan fingerprint density at radius 1 is 1.30 bits per heavy atom. The smallest absolute Gasteiger partial charge is 0.321 e. The number of pyridine rings is 1. The number of nitrogens with one attached hydrogen (secondary N) is 2. The summed E-state index contributed by atoms with van der Waals surface area (Å²) in [5.41, 5.74) is 1.67. The highest BCUT2D eigenvalue weighted by atomic mass is 32.1. The van der Waals surface area contributed by atoms with Crippen LogP contribution in [0.2, 0.25) is 0 Å². The zero-order valence-electron chi connectivity index (χ0n) is 18.7. The Balaban J connectivity index is 1.33. The van der Waals surface area contributed by atoms with Gasteiger partial charge in [-0.15, -0.1) is 0 Å². The van der Waals surface area contributed by atoms with Crippen LogP contribution in [0.25, 0.3) is 11.5 Å². The van der Waals surface area contributed by atoms with E-state index in [4.69, 9.17) is 14.0 Å². The number of anilines is 2. The lowest BCUT2D eigenvalue weighted by atomic mass is 10.00. The molecule has 0 radical (unpaired) electrons. The number of methoxy groups -OCH3 is 1. The highest BCUT2D eigenvalue weighted by molar-refractivity contribution is 7.16. The second-order valence-corrected chi connectivity index (χ2v) is 9.27. The molecule has 2 aliphatic heterocycles. The van der Waals surface area contributed by atoms with Crippen molar-refractivity contribution in [1.82, 2.24) is 20.4 Å². The van der Waals surface area contributed by atoms with E-state index in [1.807, 2.05) is 18.2 Å². The van der Waals surface area contributed by atoms with Gasteiger partial charge in [-0.2, -0.15) is 0 Å². The molecule has 0 spiro atoms. The molecule has 0 bridgehead atoms. The van der Waals surface area contributed by atoms with Crippen LogP contribution in [0.3, 0.4) is 0 Å².